The van der Waals surface area contributed by atoms with Crippen LogP contribution in [0.15, 0.2) is 29.1 Å². The summed E-state index contributed by atoms with van der Waals surface area (Å²) in [5.74, 6) is 0.270. The third-order valence-corrected chi connectivity index (χ3v) is 2.45. The summed E-state index contributed by atoms with van der Waals surface area (Å²) < 4.78 is 0. The minimum Gasteiger partial charge on any atom is -0.383 e. The minimum atomic E-state index is -0.411. The number of hydrogen-bond acceptors (Lipinski definition) is 3. The molecule has 0 saturated heterocycles. The molecule has 0 aliphatic rings. The van der Waals surface area contributed by atoms with Crippen LogP contribution in [0.25, 0.3) is 11.1 Å². The van der Waals surface area contributed by atoms with Gasteiger partial charge in [-0.1, -0.05) is 29.8 Å². The Balaban J connectivity index is 2.69. The Morgan fingerprint density at radius 1 is 1.31 bits per heavy atom. The molecule has 0 spiro atoms. The zero-order valence-corrected chi connectivity index (χ0v) is 9.24. The van der Waals surface area contributed by atoms with E-state index in [-0.39, 0.29) is 5.82 Å². The maximum atomic E-state index is 11.1. The van der Waals surface area contributed by atoms with E-state index >= 15 is 0 Å². The molecule has 0 bridgehead atoms. The molecule has 0 aliphatic carbocycles. The number of rotatable bonds is 1. The normalized spacial score (nSPS) is 10.4. The van der Waals surface area contributed by atoms with Gasteiger partial charge in [0, 0.05) is 11.3 Å². The predicted molar refractivity (Wildman–Crippen MR) is 64.2 cm³/mol. The number of nitrogens with one attached hydrogen (secondary N) is 1. The van der Waals surface area contributed by atoms with Crippen LogP contribution in [0.5, 0.6) is 0 Å². The van der Waals surface area contributed by atoms with Gasteiger partial charge in [-0.05, 0) is 19.4 Å². The molecule has 0 amide bonds. The van der Waals surface area contributed by atoms with E-state index < -0.39 is 5.69 Å². The van der Waals surface area contributed by atoms with Gasteiger partial charge in [-0.15, -0.1) is 0 Å². The Morgan fingerprint density at radius 3 is 2.69 bits per heavy atom. The largest absolute Gasteiger partial charge is 0.383 e. The first kappa shape index (κ1) is 10.4. The molecule has 82 valence electrons. The Morgan fingerprint density at radius 2 is 2.06 bits per heavy atom. The number of nitrogens with zero attached hydrogens (tertiary/aromatic N) is 1. The molecule has 0 saturated carbocycles. The molecule has 4 heteroatoms. The molecule has 1 aromatic heterocycles. The second kappa shape index (κ2) is 3.81. The number of aromatic amines is 1. The minimum absolute atomic E-state index is 0.270. The maximum absolute atomic E-state index is 11.1. The molecule has 0 atom stereocenters. The number of benzene rings is 1. The van der Waals surface area contributed by atoms with E-state index in [4.69, 9.17) is 5.73 Å². The topological polar surface area (TPSA) is 71.8 Å². The molecule has 0 radical (unpaired) electrons. The molecule has 0 unspecified atom stereocenters. The molecule has 1 aromatic carbocycles. The molecule has 3 N–H and O–H groups in total. The smallest absolute Gasteiger partial charge is 0.347 e. The highest BCUT2D eigenvalue weighted by Gasteiger charge is 2.08. The number of aromatic nitrogens is 2. The summed E-state index contributed by atoms with van der Waals surface area (Å²) in [6.45, 7) is 3.82. The van der Waals surface area contributed by atoms with Crippen LogP contribution in [0.3, 0.4) is 0 Å². The molecular weight excluding hydrogens is 202 g/mol. The van der Waals surface area contributed by atoms with Gasteiger partial charge in [-0.2, -0.15) is 4.98 Å². The lowest BCUT2D eigenvalue weighted by Gasteiger charge is -2.08. The fourth-order valence-electron chi connectivity index (χ4n) is 1.77. The van der Waals surface area contributed by atoms with Gasteiger partial charge in [0.05, 0.1) is 0 Å². The first-order valence-corrected chi connectivity index (χ1v) is 5.01. The number of anilines is 1. The summed E-state index contributed by atoms with van der Waals surface area (Å²) in [5.41, 5.74) is 9.01. The van der Waals surface area contributed by atoms with Gasteiger partial charge in [-0.25, -0.2) is 4.79 Å². The first-order valence-electron chi connectivity index (χ1n) is 5.01. The molecule has 2 aromatic rings. The lowest BCUT2D eigenvalue weighted by Crippen LogP contribution is -2.15. The van der Waals surface area contributed by atoms with E-state index in [1.54, 1.807) is 0 Å². The lowest BCUT2D eigenvalue weighted by atomic mass is 10.0. The standard InChI is InChI=1S/C12H13N3O/c1-7-4-3-5-9(6-7)10-8(2)14-12(16)15-11(10)13/h3-6H,1-2H3,(H3,13,14,15,16). The van der Waals surface area contributed by atoms with Crippen molar-refractivity contribution in [2.45, 2.75) is 13.8 Å². The Hall–Kier alpha value is -2.10. The molecule has 0 fully saturated rings. The quantitative estimate of drug-likeness (QED) is 0.759. The third kappa shape index (κ3) is 1.82. The van der Waals surface area contributed by atoms with Gasteiger partial charge in [0.2, 0.25) is 0 Å². The lowest BCUT2D eigenvalue weighted by molar-refractivity contribution is 1.04. The van der Waals surface area contributed by atoms with Crippen LogP contribution in [-0.4, -0.2) is 9.97 Å². The number of H-pyrrole nitrogens is 1. The fraction of sp³-hybridized carbons (Fsp3) is 0.167. The molecule has 4 nitrogen and oxygen atoms in total. The van der Waals surface area contributed by atoms with Gasteiger partial charge >= 0.3 is 5.69 Å². The van der Waals surface area contributed by atoms with Gasteiger partial charge in [-0.3, -0.25) is 0 Å². The van der Waals surface area contributed by atoms with Crippen molar-refractivity contribution in [2.75, 3.05) is 5.73 Å². The summed E-state index contributed by atoms with van der Waals surface area (Å²) in [6, 6.07) is 7.92. The van der Waals surface area contributed by atoms with Crippen LogP contribution < -0.4 is 11.4 Å². The molecule has 0 aliphatic heterocycles. The SMILES string of the molecule is Cc1cccc(-c2c(N)nc(=O)[nH]c2C)c1. The van der Waals surface area contributed by atoms with Crippen molar-refractivity contribution in [2.24, 2.45) is 0 Å². The van der Waals surface area contributed by atoms with E-state index in [1.165, 1.54) is 0 Å². The van der Waals surface area contributed by atoms with E-state index in [1.807, 2.05) is 38.1 Å². The van der Waals surface area contributed by atoms with Gasteiger partial charge in [0.1, 0.15) is 5.82 Å². The van der Waals surface area contributed by atoms with E-state index in [2.05, 4.69) is 9.97 Å². The zero-order valence-electron chi connectivity index (χ0n) is 9.24. The number of hydrogen-bond donors (Lipinski definition) is 2. The van der Waals surface area contributed by atoms with Crippen LogP contribution in [0.4, 0.5) is 5.82 Å². The zero-order chi connectivity index (χ0) is 11.7. The molecule has 2 rings (SSSR count). The first-order chi connectivity index (χ1) is 7.58. The van der Waals surface area contributed by atoms with Crippen molar-refractivity contribution < 1.29 is 0 Å². The average Bonchev–Trinajstić information content (AvgIpc) is 2.15. The van der Waals surface area contributed by atoms with Gasteiger partial charge < -0.3 is 10.7 Å². The van der Waals surface area contributed by atoms with Crippen LogP contribution in [0.2, 0.25) is 0 Å². The Labute approximate surface area is 93.2 Å². The number of aryl methyl sites for hydroxylation is 2. The summed E-state index contributed by atoms with van der Waals surface area (Å²) in [6.07, 6.45) is 0. The van der Waals surface area contributed by atoms with E-state index in [0.29, 0.717) is 0 Å². The summed E-state index contributed by atoms with van der Waals surface area (Å²) >= 11 is 0. The van der Waals surface area contributed by atoms with Gasteiger partial charge in [0.15, 0.2) is 0 Å². The summed E-state index contributed by atoms with van der Waals surface area (Å²) in [5, 5.41) is 0. The van der Waals surface area contributed by atoms with Crippen LogP contribution >= 0.6 is 0 Å². The van der Waals surface area contributed by atoms with Crippen molar-refractivity contribution in [3.63, 3.8) is 0 Å². The number of nitrogen functional groups attached to an aromatic ring is 1. The molecule has 1 heterocycles. The van der Waals surface area contributed by atoms with Crippen molar-refractivity contribution in [3.8, 4) is 11.1 Å². The Kier molecular flexibility index (Phi) is 2.48. The summed E-state index contributed by atoms with van der Waals surface area (Å²) in [7, 11) is 0. The van der Waals surface area contributed by atoms with Crippen molar-refractivity contribution in [3.05, 3.63) is 46.0 Å². The fourth-order valence-corrected chi connectivity index (χ4v) is 1.77. The van der Waals surface area contributed by atoms with Crippen molar-refractivity contribution in [1.82, 2.24) is 9.97 Å². The predicted octanol–water partition coefficient (Wildman–Crippen LogP) is 1.64. The van der Waals surface area contributed by atoms with Crippen LogP contribution in [0.1, 0.15) is 11.3 Å². The highest BCUT2D eigenvalue weighted by Crippen LogP contribution is 2.26. The second-order valence-electron chi connectivity index (χ2n) is 3.80. The molecule has 16 heavy (non-hydrogen) atoms. The molecular formula is C12H13N3O. The average molecular weight is 215 g/mol. The monoisotopic (exact) mass is 215 g/mol. The van der Waals surface area contributed by atoms with E-state index in [0.717, 1.165) is 22.4 Å². The Bertz CT molecular complexity index is 561. The van der Waals surface area contributed by atoms with Crippen LogP contribution in [-0.2, 0) is 0 Å². The van der Waals surface area contributed by atoms with Crippen LogP contribution in [0, 0.1) is 13.8 Å². The van der Waals surface area contributed by atoms with Crippen molar-refractivity contribution >= 4 is 5.82 Å². The second-order valence-corrected chi connectivity index (χ2v) is 3.80. The van der Waals surface area contributed by atoms with E-state index in [9.17, 15) is 4.79 Å². The highest BCUT2D eigenvalue weighted by molar-refractivity contribution is 5.75. The van der Waals surface area contributed by atoms with Crippen molar-refractivity contribution in [1.29, 1.82) is 0 Å². The van der Waals surface area contributed by atoms with Gasteiger partial charge in [0.25, 0.3) is 0 Å². The number of nitrogens with two attached hydrogens (primary N) is 1. The maximum Gasteiger partial charge on any atom is 0.347 e. The third-order valence-electron chi connectivity index (χ3n) is 2.45. The highest BCUT2D eigenvalue weighted by atomic mass is 16.1. The summed E-state index contributed by atoms with van der Waals surface area (Å²) in [4.78, 5) is 17.5.